The first-order valence-electron chi connectivity index (χ1n) is 6.55. The van der Waals surface area contributed by atoms with Crippen LogP contribution in [0.1, 0.15) is 58.3 Å². The molecule has 0 radical (unpaired) electrons. The minimum atomic E-state index is -0.685. The summed E-state index contributed by atoms with van der Waals surface area (Å²) in [5.74, 6) is 0. The highest BCUT2D eigenvalue weighted by Gasteiger charge is 2.22. The molecular weight excluding hydrogens is 187 g/mol. The van der Waals surface area contributed by atoms with Gasteiger partial charge in [0.1, 0.15) is 0 Å². The van der Waals surface area contributed by atoms with E-state index in [-0.39, 0.29) is 0 Å². The van der Waals surface area contributed by atoms with Crippen molar-refractivity contribution in [3.8, 4) is 0 Å². The quantitative estimate of drug-likeness (QED) is 0.455. The molecule has 2 heteroatoms. The third kappa shape index (κ3) is 6.07. The van der Waals surface area contributed by atoms with Gasteiger partial charge in [0.2, 0.25) is 0 Å². The van der Waals surface area contributed by atoms with Crippen molar-refractivity contribution in [1.29, 1.82) is 0 Å². The minimum absolute atomic E-state index is 0.685. The van der Waals surface area contributed by atoms with Crippen LogP contribution >= 0.6 is 0 Å². The molecule has 1 nitrogen and oxygen atoms in total. The normalized spacial score (nSPS) is 17.4. The van der Waals surface area contributed by atoms with Crippen LogP contribution in [0.5, 0.6) is 0 Å². The Hall–Kier alpha value is 0.492. The zero-order valence-corrected chi connectivity index (χ0v) is 10.9. The average molecular weight is 212 g/mol. The van der Waals surface area contributed by atoms with Crippen molar-refractivity contribution in [3.05, 3.63) is 0 Å². The molecule has 0 aromatic rings. The Morgan fingerprint density at radius 1 is 1.00 bits per heavy atom. The molecule has 0 saturated carbocycles. The second-order valence-corrected chi connectivity index (χ2v) is 7.28. The highest BCUT2D eigenvalue weighted by molar-refractivity contribution is 6.51. The molecule has 1 heterocycles. The lowest BCUT2D eigenvalue weighted by molar-refractivity contribution is 0.285. The third-order valence-corrected chi connectivity index (χ3v) is 5.97. The highest BCUT2D eigenvalue weighted by Crippen LogP contribution is 2.17. The number of hydrogen-bond acceptors (Lipinski definition) is 1. The van der Waals surface area contributed by atoms with Gasteiger partial charge in [-0.25, -0.2) is 0 Å². The van der Waals surface area contributed by atoms with Crippen molar-refractivity contribution in [2.45, 2.75) is 68.9 Å². The Balaban J connectivity index is 1.82. The van der Waals surface area contributed by atoms with E-state index >= 15 is 0 Å². The van der Waals surface area contributed by atoms with Gasteiger partial charge < -0.3 is 3.79 Å². The van der Waals surface area contributed by atoms with Crippen LogP contribution in [-0.4, -0.2) is 21.1 Å². The Kier molecular flexibility index (Phi) is 7.87. The summed E-state index contributed by atoms with van der Waals surface area (Å²) in [6, 6.07) is 0. The van der Waals surface area contributed by atoms with Gasteiger partial charge in [0.05, 0.1) is 0 Å². The van der Waals surface area contributed by atoms with Crippen molar-refractivity contribution < 1.29 is 3.79 Å². The van der Waals surface area contributed by atoms with Gasteiger partial charge in [-0.3, -0.25) is 0 Å². The summed E-state index contributed by atoms with van der Waals surface area (Å²) in [5.41, 5.74) is 0. The van der Waals surface area contributed by atoms with Gasteiger partial charge in [0.15, 0.2) is 0 Å². The van der Waals surface area contributed by atoms with Crippen LogP contribution in [0.2, 0.25) is 10.6 Å². The Morgan fingerprint density at radius 3 is 2.50 bits per heavy atom. The number of rotatable bonds is 7. The molecule has 0 aromatic carbocycles. The first kappa shape index (κ1) is 12.6. The van der Waals surface area contributed by atoms with Gasteiger partial charge >= 0.3 is 14.5 Å². The maximum absolute atomic E-state index is 5.84. The summed E-state index contributed by atoms with van der Waals surface area (Å²) in [6.07, 6.45) is 11.4. The average Bonchev–Trinajstić information content (AvgIpc) is 2.25. The molecule has 0 bridgehead atoms. The van der Waals surface area contributed by atoms with Gasteiger partial charge in [-0.05, 0) is 6.42 Å². The Bertz CT molecular complexity index is 121. The van der Waals surface area contributed by atoms with E-state index in [1.807, 2.05) is 0 Å². The maximum Gasteiger partial charge on any atom is 0.460 e. The summed E-state index contributed by atoms with van der Waals surface area (Å²) in [4.78, 5) is 0. The van der Waals surface area contributed by atoms with E-state index in [9.17, 15) is 0 Å². The van der Waals surface area contributed by atoms with Crippen molar-refractivity contribution in [2.24, 2.45) is 0 Å². The summed E-state index contributed by atoms with van der Waals surface area (Å²) in [7, 11) is 0. The second-order valence-electron chi connectivity index (χ2n) is 4.55. The van der Waals surface area contributed by atoms with Gasteiger partial charge in [0, 0.05) is 6.61 Å². The van der Waals surface area contributed by atoms with Gasteiger partial charge in [-0.15, -0.1) is 0 Å². The summed E-state index contributed by atoms with van der Waals surface area (Å²) < 4.78 is 5.84. The summed E-state index contributed by atoms with van der Waals surface area (Å²) in [5, 5.41) is 2.90. The lowest BCUT2D eigenvalue weighted by Gasteiger charge is -2.17. The zero-order chi connectivity index (χ0) is 10.1. The molecule has 0 N–H and O–H groups in total. The number of unbranched alkanes of at least 4 members (excludes halogenated alkanes) is 5. The SMILES string of the molecule is CCCCCCC[CH2][Al]1[CH2]CCC[O]1. The van der Waals surface area contributed by atoms with Gasteiger partial charge in [-0.1, -0.05) is 62.4 Å². The van der Waals surface area contributed by atoms with E-state index in [0.717, 1.165) is 6.61 Å². The lowest BCUT2D eigenvalue weighted by Crippen LogP contribution is -2.22. The molecule has 0 unspecified atom stereocenters. The first-order chi connectivity index (χ1) is 6.93. The zero-order valence-electron chi connectivity index (χ0n) is 9.76. The van der Waals surface area contributed by atoms with E-state index in [1.165, 1.54) is 61.9 Å². The molecule has 1 aliphatic rings. The van der Waals surface area contributed by atoms with Crippen molar-refractivity contribution in [2.75, 3.05) is 6.61 Å². The fraction of sp³-hybridized carbons (Fsp3) is 1.00. The van der Waals surface area contributed by atoms with Crippen LogP contribution in [0.4, 0.5) is 0 Å². The monoisotopic (exact) mass is 212 g/mol. The van der Waals surface area contributed by atoms with E-state index in [1.54, 1.807) is 0 Å². The maximum atomic E-state index is 5.84. The topological polar surface area (TPSA) is 9.23 Å². The predicted octanol–water partition coefficient (Wildman–Crippen LogP) is 4.15. The van der Waals surface area contributed by atoms with E-state index in [4.69, 9.17) is 3.79 Å². The van der Waals surface area contributed by atoms with Crippen LogP contribution in [0, 0.1) is 0 Å². The molecule has 0 aliphatic carbocycles. The highest BCUT2D eigenvalue weighted by atomic mass is 27.2. The van der Waals surface area contributed by atoms with Crippen LogP contribution in [0.15, 0.2) is 0 Å². The molecule has 14 heavy (non-hydrogen) atoms. The van der Waals surface area contributed by atoms with E-state index < -0.39 is 14.5 Å². The van der Waals surface area contributed by atoms with Crippen molar-refractivity contribution in [1.82, 2.24) is 0 Å². The molecule has 0 amide bonds. The predicted molar refractivity (Wildman–Crippen MR) is 63.9 cm³/mol. The molecule has 0 aromatic heterocycles. The molecular formula is C12H25AlO. The van der Waals surface area contributed by atoms with Gasteiger partial charge in [-0.2, -0.15) is 0 Å². The van der Waals surface area contributed by atoms with Crippen LogP contribution in [-0.2, 0) is 3.79 Å². The smallest absolute Gasteiger partial charge is 0.460 e. The lowest BCUT2D eigenvalue weighted by atomic mass is 10.1. The molecule has 0 atom stereocenters. The van der Waals surface area contributed by atoms with Crippen molar-refractivity contribution in [3.63, 3.8) is 0 Å². The fourth-order valence-corrected chi connectivity index (χ4v) is 4.80. The largest absolute Gasteiger partial charge is 0.501 e. The standard InChI is InChI=1S/C8H17.C4H8O.Al/c1-3-5-7-8-6-4-2;1-2-3-4-5;/h1,3-8H2,2H3;1-4H2;/q;-1;+1. The van der Waals surface area contributed by atoms with Crippen molar-refractivity contribution >= 4 is 14.5 Å². The third-order valence-electron chi connectivity index (χ3n) is 3.15. The van der Waals surface area contributed by atoms with Crippen LogP contribution < -0.4 is 0 Å². The fourth-order valence-electron chi connectivity index (χ4n) is 2.19. The molecule has 1 rings (SSSR count). The van der Waals surface area contributed by atoms with Crippen LogP contribution in [0.3, 0.4) is 0 Å². The Morgan fingerprint density at radius 2 is 1.79 bits per heavy atom. The second kappa shape index (κ2) is 8.77. The van der Waals surface area contributed by atoms with Crippen LogP contribution in [0.25, 0.3) is 0 Å². The summed E-state index contributed by atoms with van der Waals surface area (Å²) >= 11 is -0.685. The molecule has 1 aliphatic heterocycles. The molecule has 1 fully saturated rings. The molecule has 0 spiro atoms. The summed E-state index contributed by atoms with van der Waals surface area (Å²) in [6.45, 7) is 3.36. The molecule has 82 valence electrons. The van der Waals surface area contributed by atoms with E-state index in [0.29, 0.717) is 0 Å². The molecule has 1 saturated heterocycles. The minimum Gasteiger partial charge on any atom is -0.501 e. The number of hydrogen-bond donors (Lipinski definition) is 0. The van der Waals surface area contributed by atoms with Gasteiger partial charge in [0.25, 0.3) is 0 Å². The van der Waals surface area contributed by atoms with E-state index in [2.05, 4.69) is 6.92 Å². The first-order valence-corrected chi connectivity index (χ1v) is 8.65. The Labute approximate surface area is 93.9 Å².